The third kappa shape index (κ3) is 2.17. The fourth-order valence-electron chi connectivity index (χ4n) is 1.31. The van der Waals surface area contributed by atoms with Crippen LogP contribution in [0.25, 0.3) is 0 Å². The van der Waals surface area contributed by atoms with Gasteiger partial charge >= 0.3 is 0 Å². The number of alkyl halides is 5. The first kappa shape index (κ1) is 12.9. The van der Waals surface area contributed by atoms with Crippen LogP contribution in [-0.4, -0.2) is 37.9 Å². The molecule has 14 heavy (non-hydrogen) atoms. The van der Waals surface area contributed by atoms with E-state index in [9.17, 15) is 10.1 Å². The first-order valence-electron chi connectivity index (χ1n) is 3.71. The summed E-state index contributed by atoms with van der Waals surface area (Å²) in [6.45, 7) is 0. The van der Waals surface area contributed by atoms with E-state index in [0.717, 1.165) is 0 Å². The number of nitrogens with zero attached hydrogens (tertiary/aromatic N) is 1. The van der Waals surface area contributed by atoms with E-state index in [1.54, 1.807) is 0 Å². The van der Waals surface area contributed by atoms with Gasteiger partial charge in [-0.15, -0.1) is 58.0 Å². The highest BCUT2D eigenvalue weighted by Crippen LogP contribution is 2.38. The molecule has 8 heteroatoms. The molecule has 4 atom stereocenters. The van der Waals surface area contributed by atoms with E-state index >= 15 is 0 Å². The van der Waals surface area contributed by atoms with Crippen LogP contribution < -0.4 is 0 Å². The molecular weight excluding hydrogens is 295 g/mol. The number of rotatable bonds is 1. The average molecular weight is 301 g/mol. The van der Waals surface area contributed by atoms with E-state index in [1.165, 1.54) is 0 Å². The van der Waals surface area contributed by atoms with Gasteiger partial charge in [-0.2, -0.15) is 0 Å². The molecule has 82 valence electrons. The quantitative estimate of drug-likeness (QED) is 0.424. The van der Waals surface area contributed by atoms with E-state index in [1.807, 2.05) is 0 Å². The Morgan fingerprint density at radius 2 is 1.07 bits per heavy atom. The second-order valence-corrected chi connectivity index (χ2v) is 5.52. The molecule has 0 N–H and O–H groups in total. The van der Waals surface area contributed by atoms with Gasteiger partial charge in [0.15, 0.2) is 0 Å². The Hall–Kier alpha value is 0.850. The smallest absolute Gasteiger partial charge is 0.248 e. The Bertz CT molecular complexity index is 224. The summed E-state index contributed by atoms with van der Waals surface area (Å²) >= 11 is 29.0. The second kappa shape index (κ2) is 4.79. The first-order chi connectivity index (χ1) is 6.37. The fraction of sp³-hybridized carbons (Fsp3) is 1.00. The molecule has 0 aliphatic heterocycles. The van der Waals surface area contributed by atoms with Crippen LogP contribution in [0, 0.1) is 10.1 Å². The molecule has 1 rings (SSSR count). The minimum Gasteiger partial charge on any atom is -0.264 e. The van der Waals surface area contributed by atoms with Gasteiger partial charge in [0, 0.05) is 4.92 Å². The van der Waals surface area contributed by atoms with Crippen molar-refractivity contribution in [1.82, 2.24) is 0 Å². The summed E-state index contributed by atoms with van der Waals surface area (Å²) in [4.78, 5) is 10.1. The zero-order valence-electron chi connectivity index (χ0n) is 6.62. The van der Waals surface area contributed by atoms with Crippen molar-refractivity contribution in [2.75, 3.05) is 0 Å². The van der Waals surface area contributed by atoms with Crippen LogP contribution in [0.4, 0.5) is 0 Å². The van der Waals surface area contributed by atoms with Gasteiger partial charge in [0.25, 0.3) is 0 Å². The van der Waals surface area contributed by atoms with Crippen molar-refractivity contribution in [2.24, 2.45) is 0 Å². The van der Waals surface area contributed by atoms with E-state index in [2.05, 4.69) is 0 Å². The Labute approximate surface area is 106 Å². The van der Waals surface area contributed by atoms with Crippen molar-refractivity contribution >= 4 is 58.0 Å². The highest BCUT2D eigenvalue weighted by atomic mass is 35.5. The summed E-state index contributed by atoms with van der Waals surface area (Å²) in [5.74, 6) is 0. The third-order valence-corrected chi connectivity index (χ3v) is 5.32. The molecule has 1 fully saturated rings. The lowest BCUT2D eigenvalue weighted by Gasteiger charge is -2.35. The van der Waals surface area contributed by atoms with Gasteiger partial charge in [0.2, 0.25) is 6.04 Å². The molecule has 0 radical (unpaired) electrons. The molecule has 0 aromatic heterocycles. The summed E-state index contributed by atoms with van der Waals surface area (Å²) in [5, 5.41) is 6.64. The van der Waals surface area contributed by atoms with Crippen LogP contribution in [0.3, 0.4) is 0 Å². The minimum atomic E-state index is -1.17. The molecule has 0 aromatic carbocycles. The van der Waals surface area contributed by atoms with Gasteiger partial charge in [-0.05, 0) is 0 Å². The van der Waals surface area contributed by atoms with Crippen LogP contribution in [0.5, 0.6) is 0 Å². The average Bonchev–Trinajstić information content (AvgIpc) is 2.11. The molecule has 0 amide bonds. The Balaban J connectivity index is 2.92. The van der Waals surface area contributed by atoms with Gasteiger partial charge < -0.3 is 0 Å². The summed E-state index contributed by atoms with van der Waals surface area (Å²) in [5.41, 5.74) is 0. The molecule has 0 saturated heterocycles. The van der Waals surface area contributed by atoms with E-state index in [0.29, 0.717) is 0 Å². The van der Waals surface area contributed by atoms with Gasteiger partial charge in [-0.1, -0.05) is 0 Å². The lowest BCUT2D eigenvalue weighted by atomic mass is 9.93. The van der Waals surface area contributed by atoms with Crippen molar-refractivity contribution in [3.8, 4) is 0 Å². The molecular formula is C6H6Cl5NO2. The number of halogens is 5. The molecule has 1 saturated carbocycles. The predicted molar refractivity (Wildman–Crippen MR) is 59.0 cm³/mol. The van der Waals surface area contributed by atoms with Crippen molar-refractivity contribution < 1.29 is 4.92 Å². The lowest BCUT2D eigenvalue weighted by molar-refractivity contribution is -0.523. The van der Waals surface area contributed by atoms with Gasteiger partial charge in [0.05, 0.1) is 16.1 Å². The number of nitro groups is 1. The van der Waals surface area contributed by atoms with E-state index in [4.69, 9.17) is 58.0 Å². The van der Waals surface area contributed by atoms with Crippen LogP contribution in [-0.2, 0) is 0 Å². The SMILES string of the molecule is O=[N+]([O-])C1C(Cl)C(Cl)C(Cl)C(Cl)C1Cl. The molecule has 1 aliphatic rings. The van der Waals surface area contributed by atoms with Gasteiger partial charge in [-0.25, -0.2) is 0 Å². The van der Waals surface area contributed by atoms with Gasteiger partial charge in [-0.3, -0.25) is 10.1 Å². The van der Waals surface area contributed by atoms with Crippen molar-refractivity contribution in [1.29, 1.82) is 0 Å². The molecule has 0 heterocycles. The lowest BCUT2D eigenvalue weighted by Crippen LogP contribution is -2.57. The van der Waals surface area contributed by atoms with Gasteiger partial charge in [0.1, 0.15) is 10.8 Å². The highest BCUT2D eigenvalue weighted by Gasteiger charge is 2.53. The first-order valence-corrected chi connectivity index (χ1v) is 5.90. The summed E-state index contributed by atoms with van der Waals surface area (Å²) in [6.07, 6.45) is 0. The molecule has 1 aliphatic carbocycles. The minimum absolute atomic E-state index is 0.567. The van der Waals surface area contributed by atoms with Crippen LogP contribution in [0.15, 0.2) is 0 Å². The molecule has 0 aromatic rings. The standard InChI is InChI=1S/C6H6Cl5NO2/c7-1-2(8)4(10)6(12(13)14)5(11)3(1)9/h1-6H. The molecule has 0 bridgehead atoms. The Morgan fingerprint density at radius 3 is 1.36 bits per heavy atom. The molecule has 3 nitrogen and oxygen atoms in total. The number of hydrogen-bond donors (Lipinski definition) is 0. The summed E-state index contributed by atoms with van der Waals surface area (Å²) < 4.78 is 0. The Kier molecular flexibility index (Phi) is 4.42. The van der Waals surface area contributed by atoms with Crippen LogP contribution >= 0.6 is 58.0 Å². The normalized spacial score (nSPS) is 48.9. The molecule has 4 unspecified atom stereocenters. The Morgan fingerprint density at radius 1 is 0.786 bits per heavy atom. The van der Waals surface area contributed by atoms with Crippen LogP contribution in [0.2, 0.25) is 0 Å². The zero-order chi connectivity index (χ0) is 11.0. The number of hydrogen-bond acceptors (Lipinski definition) is 2. The van der Waals surface area contributed by atoms with Crippen LogP contribution in [0.1, 0.15) is 0 Å². The van der Waals surface area contributed by atoms with E-state index < -0.39 is 37.9 Å². The largest absolute Gasteiger partial charge is 0.264 e. The maximum Gasteiger partial charge on any atom is 0.248 e. The second-order valence-electron chi connectivity index (χ2n) is 3.00. The maximum atomic E-state index is 10.6. The predicted octanol–water partition coefficient (Wildman–Crippen LogP) is 2.68. The fourth-order valence-corrected chi connectivity index (χ4v) is 3.35. The monoisotopic (exact) mass is 299 g/mol. The highest BCUT2D eigenvalue weighted by molar-refractivity contribution is 6.41. The van der Waals surface area contributed by atoms with Crippen molar-refractivity contribution in [3.05, 3.63) is 10.1 Å². The third-order valence-electron chi connectivity index (χ3n) is 2.11. The molecule has 0 spiro atoms. The maximum absolute atomic E-state index is 10.6. The van der Waals surface area contributed by atoms with Crippen molar-refractivity contribution in [3.63, 3.8) is 0 Å². The summed E-state index contributed by atoms with van der Waals surface area (Å²) in [6, 6.07) is -1.17. The van der Waals surface area contributed by atoms with E-state index in [-0.39, 0.29) is 0 Å². The zero-order valence-corrected chi connectivity index (χ0v) is 10.4. The van der Waals surface area contributed by atoms with Crippen molar-refractivity contribution in [2.45, 2.75) is 32.9 Å². The topological polar surface area (TPSA) is 43.1 Å². The summed E-state index contributed by atoms with van der Waals surface area (Å²) in [7, 11) is 0.